The zero-order valence-electron chi connectivity index (χ0n) is 10.8. The predicted octanol–water partition coefficient (Wildman–Crippen LogP) is 3.59. The Morgan fingerprint density at radius 3 is 2.89 bits per heavy atom. The van der Waals surface area contributed by atoms with Gasteiger partial charge >= 0.3 is 0 Å². The summed E-state index contributed by atoms with van der Waals surface area (Å²) in [5.41, 5.74) is 2.50. The van der Waals surface area contributed by atoms with E-state index >= 15 is 0 Å². The molecular weight excluding hydrogens is 244 g/mol. The standard InChI is InChI=1S/C14H18N2OS/c1-10-3-4-11-12(9-10)18-13(15-11)16-14(2)5-7-17-8-6-14/h3-4,9H,5-8H2,1-2H3,(H,15,16). The van der Waals surface area contributed by atoms with E-state index in [9.17, 15) is 0 Å². The average Bonchev–Trinajstić information content (AvgIpc) is 2.70. The highest BCUT2D eigenvalue weighted by atomic mass is 32.1. The molecular formula is C14H18N2OS. The first-order valence-corrected chi connectivity index (χ1v) is 7.19. The van der Waals surface area contributed by atoms with Crippen LogP contribution in [-0.4, -0.2) is 23.7 Å². The summed E-state index contributed by atoms with van der Waals surface area (Å²) < 4.78 is 6.68. The fourth-order valence-corrected chi connectivity index (χ4v) is 3.40. The number of nitrogens with one attached hydrogen (secondary N) is 1. The van der Waals surface area contributed by atoms with Crippen LogP contribution < -0.4 is 5.32 Å². The molecule has 2 aromatic rings. The fraction of sp³-hybridized carbons (Fsp3) is 0.500. The van der Waals surface area contributed by atoms with Crippen molar-refractivity contribution in [2.75, 3.05) is 18.5 Å². The van der Waals surface area contributed by atoms with Crippen LogP contribution in [-0.2, 0) is 4.74 Å². The lowest BCUT2D eigenvalue weighted by atomic mass is 9.93. The second kappa shape index (κ2) is 4.52. The second-order valence-corrected chi connectivity index (χ2v) is 6.32. The van der Waals surface area contributed by atoms with E-state index in [1.807, 2.05) is 0 Å². The Kier molecular flexibility index (Phi) is 2.99. The monoisotopic (exact) mass is 262 g/mol. The number of benzene rings is 1. The van der Waals surface area contributed by atoms with E-state index < -0.39 is 0 Å². The summed E-state index contributed by atoms with van der Waals surface area (Å²) in [6.45, 7) is 6.06. The van der Waals surface area contributed by atoms with Gasteiger partial charge in [-0.25, -0.2) is 4.98 Å². The second-order valence-electron chi connectivity index (χ2n) is 5.29. The molecule has 1 aromatic carbocycles. The summed E-state index contributed by atoms with van der Waals surface area (Å²) in [6.07, 6.45) is 2.09. The van der Waals surface area contributed by atoms with Crippen LogP contribution in [0, 0.1) is 6.92 Å². The van der Waals surface area contributed by atoms with Gasteiger partial charge in [0, 0.05) is 18.8 Å². The SMILES string of the molecule is Cc1ccc2nc(NC3(C)CCOCC3)sc2c1. The van der Waals surface area contributed by atoms with Crippen LogP contribution in [0.2, 0.25) is 0 Å². The van der Waals surface area contributed by atoms with Crippen LogP contribution >= 0.6 is 11.3 Å². The van der Waals surface area contributed by atoms with Crippen LogP contribution in [0.4, 0.5) is 5.13 Å². The van der Waals surface area contributed by atoms with Crippen molar-refractivity contribution in [1.29, 1.82) is 0 Å². The maximum Gasteiger partial charge on any atom is 0.184 e. The number of fused-ring (bicyclic) bond motifs is 1. The van der Waals surface area contributed by atoms with Gasteiger partial charge < -0.3 is 10.1 Å². The Labute approximate surface area is 111 Å². The highest BCUT2D eigenvalue weighted by Gasteiger charge is 2.27. The number of hydrogen-bond acceptors (Lipinski definition) is 4. The van der Waals surface area contributed by atoms with Crippen molar-refractivity contribution >= 4 is 26.7 Å². The minimum absolute atomic E-state index is 0.126. The summed E-state index contributed by atoms with van der Waals surface area (Å²) in [7, 11) is 0. The smallest absolute Gasteiger partial charge is 0.184 e. The third-order valence-electron chi connectivity index (χ3n) is 3.55. The van der Waals surface area contributed by atoms with E-state index in [4.69, 9.17) is 4.74 Å². The molecule has 0 unspecified atom stereocenters. The van der Waals surface area contributed by atoms with Crippen LogP contribution in [0.3, 0.4) is 0 Å². The van der Waals surface area contributed by atoms with Gasteiger partial charge in [-0.15, -0.1) is 0 Å². The molecule has 0 radical (unpaired) electrons. The molecule has 0 spiro atoms. The number of thiazole rings is 1. The molecule has 2 heterocycles. The van der Waals surface area contributed by atoms with Gasteiger partial charge in [-0.1, -0.05) is 17.4 Å². The van der Waals surface area contributed by atoms with Crippen molar-refractivity contribution in [3.63, 3.8) is 0 Å². The van der Waals surface area contributed by atoms with E-state index in [1.54, 1.807) is 11.3 Å². The van der Waals surface area contributed by atoms with Gasteiger partial charge in [0.05, 0.1) is 10.2 Å². The Morgan fingerprint density at radius 1 is 1.33 bits per heavy atom. The van der Waals surface area contributed by atoms with Gasteiger partial charge in [-0.2, -0.15) is 0 Å². The van der Waals surface area contributed by atoms with Crippen LogP contribution in [0.25, 0.3) is 10.2 Å². The molecule has 3 nitrogen and oxygen atoms in total. The third-order valence-corrected chi connectivity index (χ3v) is 4.48. The largest absolute Gasteiger partial charge is 0.381 e. The zero-order valence-corrected chi connectivity index (χ0v) is 11.6. The number of nitrogens with zero attached hydrogens (tertiary/aromatic N) is 1. The zero-order chi connectivity index (χ0) is 12.6. The van der Waals surface area contributed by atoms with Crippen molar-refractivity contribution in [3.05, 3.63) is 23.8 Å². The summed E-state index contributed by atoms with van der Waals surface area (Å²) in [6, 6.07) is 6.41. The van der Waals surface area contributed by atoms with Crippen molar-refractivity contribution in [1.82, 2.24) is 4.98 Å². The summed E-state index contributed by atoms with van der Waals surface area (Å²) in [5.74, 6) is 0. The Balaban J connectivity index is 1.86. The van der Waals surface area contributed by atoms with Gasteiger partial charge in [-0.05, 0) is 44.4 Å². The molecule has 0 atom stereocenters. The first kappa shape index (κ1) is 11.9. The first-order chi connectivity index (χ1) is 8.65. The summed E-state index contributed by atoms with van der Waals surface area (Å²) >= 11 is 1.74. The molecule has 0 aliphatic carbocycles. The van der Waals surface area contributed by atoms with E-state index in [-0.39, 0.29) is 5.54 Å². The van der Waals surface area contributed by atoms with Gasteiger partial charge in [0.25, 0.3) is 0 Å². The molecule has 1 aliphatic heterocycles. The lowest BCUT2D eigenvalue weighted by Crippen LogP contribution is -2.40. The van der Waals surface area contributed by atoms with Crippen molar-refractivity contribution in [3.8, 4) is 0 Å². The van der Waals surface area contributed by atoms with E-state index in [0.717, 1.165) is 36.7 Å². The molecule has 0 amide bonds. The molecule has 1 fully saturated rings. The number of hydrogen-bond donors (Lipinski definition) is 1. The molecule has 1 saturated heterocycles. The van der Waals surface area contributed by atoms with Gasteiger partial charge in [0.1, 0.15) is 0 Å². The predicted molar refractivity (Wildman–Crippen MR) is 76.4 cm³/mol. The topological polar surface area (TPSA) is 34.2 Å². The van der Waals surface area contributed by atoms with Crippen LogP contribution in [0.15, 0.2) is 18.2 Å². The van der Waals surface area contributed by atoms with E-state index in [2.05, 4.69) is 42.3 Å². The molecule has 3 rings (SSSR count). The molecule has 1 aliphatic rings. The number of aromatic nitrogens is 1. The number of anilines is 1. The highest BCUT2D eigenvalue weighted by molar-refractivity contribution is 7.22. The maximum absolute atomic E-state index is 5.42. The molecule has 96 valence electrons. The van der Waals surface area contributed by atoms with Crippen molar-refractivity contribution < 1.29 is 4.74 Å². The normalized spacial score (nSPS) is 19.0. The van der Waals surface area contributed by atoms with E-state index in [1.165, 1.54) is 10.3 Å². The molecule has 1 N–H and O–H groups in total. The number of aryl methyl sites for hydroxylation is 1. The Hall–Kier alpha value is -1.13. The van der Waals surface area contributed by atoms with Crippen molar-refractivity contribution in [2.24, 2.45) is 0 Å². The summed E-state index contributed by atoms with van der Waals surface area (Å²) in [4.78, 5) is 4.66. The van der Waals surface area contributed by atoms with Crippen LogP contribution in [0.1, 0.15) is 25.3 Å². The van der Waals surface area contributed by atoms with Crippen LogP contribution in [0.5, 0.6) is 0 Å². The number of ether oxygens (including phenoxy) is 1. The third kappa shape index (κ3) is 2.35. The molecule has 4 heteroatoms. The maximum atomic E-state index is 5.42. The minimum Gasteiger partial charge on any atom is -0.381 e. The Morgan fingerprint density at radius 2 is 2.11 bits per heavy atom. The van der Waals surface area contributed by atoms with Gasteiger partial charge in [0.2, 0.25) is 0 Å². The first-order valence-electron chi connectivity index (χ1n) is 6.38. The molecule has 0 bridgehead atoms. The van der Waals surface area contributed by atoms with E-state index in [0.29, 0.717) is 0 Å². The van der Waals surface area contributed by atoms with Gasteiger partial charge in [-0.3, -0.25) is 0 Å². The highest BCUT2D eigenvalue weighted by Crippen LogP contribution is 2.31. The molecule has 18 heavy (non-hydrogen) atoms. The minimum atomic E-state index is 0.126. The number of rotatable bonds is 2. The quantitative estimate of drug-likeness (QED) is 0.898. The Bertz CT molecular complexity index is 558. The fourth-order valence-electron chi connectivity index (χ4n) is 2.29. The lowest BCUT2D eigenvalue weighted by Gasteiger charge is -2.34. The summed E-state index contributed by atoms with van der Waals surface area (Å²) in [5, 5.41) is 4.62. The lowest BCUT2D eigenvalue weighted by molar-refractivity contribution is 0.0658. The van der Waals surface area contributed by atoms with Gasteiger partial charge in [0.15, 0.2) is 5.13 Å². The molecule has 1 aromatic heterocycles. The van der Waals surface area contributed by atoms with Crippen molar-refractivity contribution in [2.45, 2.75) is 32.2 Å². The molecule has 0 saturated carbocycles. The average molecular weight is 262 g/mol.